The number of ether oxygens (including phenoxy) is 4. The SMILES string of the molecule is COc1ccc([C@@H]2C(=O)N(c3cc(OC)ccc3OC)CC(=O)N2c2ccc(OC)cc2)cc1. The average molecular weight is 463 g/mol. The van der Waals surface area contributed by atoms with Crippen molar-refractivity contribution in [2.24, 2.45) is 0 Å². The first-order valence-corrected chi connectivity index (χ1v) is 10.6. The Morgan fingerprint density at radius 3 is 1.82 bits per heavy atom. The number of anilines is 2. The van der Waals surface area contributed by atoms with Gasteiger partial charge in [-0.1, -0.05) is 12.1 Å². The lowest BCUT2D eigenvalue weighted by Gasteiger charge is -2.40. The number of nitrogens with zero attached hydrogens (tertiary/aromatic N) is 2. The summed E-state index contributed by atoms with van der Waals surface area (Å²) in [5.41, 5.74) is 1.71. The summed E-state index contributed by atoms with van der Waals surface area (Å²) < 4.78 is 21.3. The predicted octanol–water partition coefficient (Wildman–Crippen LogP) is 3.84. The van der Waals surface area contributed by atoms with Gasteiger partial charge in [0.1, 0.15) is 35.6 Å². The standard InChI is InChI=1S/C26H26N2O6/c1-31-19-9-5-17(6-10-19)25-26(30)27(22-15-21(33-3)13-14-23(22)34-4)16-24(29)28(25)18-7-11-20(32-2)12-8-18/h5-15,25H,16H2,1-4H3/t25-/m1/s1. The van der Waals surface area contributed by atoms with Crippen molar-refractivity contribution < 1.29 is 28.5 Å². The summed E-state index contributed by atoms with van der Waals surface area (Å²) in [7, 11) is 6.21. The Balaban J connectivity index is 1.82. The third-order valence-corrected chi connectivity index (χ3v) is 5.78. The van der Waals surface area contributed by atoms with Gasteiger partial charge in [0.15, 0.2) is 0 Å². The van der Waals surface area contributed by atoms with Crippen LogP contribution in [0.1, 0.15) is 11.6 Å². The largest absolute Gasteiger partial charge is 0.497 e. The Morgan fingerprint density at radius 1 is 0.706 bits per heavy atom. The molecule has 0 spiro atoms. The molecule has 0 bridgehead atoms. The molecule has 1 aliphatic rings. The first kappa shape index (κ1) is 23.0. The summed E-state index contributed by atoms with van der Waals surface area (Å²) in [6, 6.07) is 18.4. The summed E-state index contributed by atoms with van der Waals surface area (Å²) >= 11 is 0. The quantitative estimate of drug-likeness (QED) is 0.531. The number of benzene rings is 3. The molecule has 1 aliphatic heterocycles. The summed E-state index contributed by atoms with van der Waals surface area (Å²) in [6.45, 7) is -0.152. The summed E-state index contributed by atoms with van der Waals surface area (Å²) in [5, 5.41) is 0. The maximum atomic E-state index is 14.0. The predicted molar refractivity (Wildman–Crippen MR) is 128 cm³/mol. The van der Waals surface area contributed by atoms with Gasteiger partial charge in [0.05, 0.1) is 34.1 Å². The van der Waals surface area contributed by atoms with Crippen LogP contribution in [0.15, 0.2) is 66.7 Å². The van der Waals surface area contributed by atoms with Crippen LogP contribution in [0.5, 0.6) is 23.0 Å². The molecule has 0 aromatic heterocycles. The Hall–Kier alpha value is -4.20. The zero-order valence-electron chi connectivity index (χ0n) is 19.5. The van der Waals surface area contributed by atoms with E-state index in [1.807, 2.05) is 0 Å². The fraction of sp³-hybridized carbons (Fsp3) is 0.231. The summed E-state index contributed by atoms with van der Waals surface area (Å²) in [6.07, 6.45) is 0. The van der Waals surface area contributed by atoms with E-state index in [0.29, 0.717) is 39.9 Å². The molecule has 1 atom stereocenters. The first-order valence-electron chi connectivity index (χ1n) is 10.6. The average Bonchev–Trinajstić information content (AvgIpc) is 2.89. The summed E-state index contributed by atoms with van der Waals surface area (Å²) in [4.78, 5) is 30.5. The van der Waals surface area contributed by atoms with E-state index in [9.17, 15) is 9.59 Å². The van der Waals surface area contributed by atoms with E-state index >= 15 is 0 Å². The van der Waals surface area contributed by atoms with Crippen LogP contribution in [0.3, 0.4) is 0 Å². The van der Waals surface area contributed by atoms with Gasteiger partial charge < -0.3 is 18.9 Å². The number of hydrogen-bond acceptors (Lipinski definition) is 6. The minimum absolute atomic E-state index is 0.152. The van der Waals surface area contributed by atoms with Gasteiger partial charge in [0.2, 0.25) is 5.91 Å². The van der Waals surface area contributed by atoms with Crippen LogP contribution in [0.25, 0.3) is 0 Å². The lowest BCUT2D eigenvalue weighted by Crippen LogP contribution is -2.56. The highest BCUT2D eigenvalue weighted by atomic mass is 16.5. The smallest absolute Gasteiger partial charge is 0.255 e. The number of methoxy groups -OCH3 is 4. The molecule has 0 saturated carbocycles. The third-order valence-electron chi connectivity index (χ3n) is 5.78. The minimum atomic E-state index is -0.892. The molecule has 1 fully saturated rings. The fourth-order valence-corrected chi connectivity index (χ4v) is 4.02. The fourth-order valence-electron chi connectivity index (χ4n) is 4.02. The highest BCUT2D eigenvalue weighted by molar-refractivity contribution is 6.15. The van der Waals surface area contributed by atoms with Gasteiger partial charge in [-0.05, 0) is 54.1 Å². The molecule has 0 aliphatic carbocycles. The Bertz CT molecular complexity index is 1180. The van der Waals surface area contributed by atoms with Gasteiger partial charge in [-0.15, -0.1) is 0 Å². The van der Waals surface area contributed by atoms with Crippen LogP contribution in [0.4, 0.5) is 11.4 Å². The van der Waals surface area contributed by atoms with Gasteiger partial charge in [-0.25, -0.2) is 0 Å². The molecular formula is C26H26N2O6. The van der Waals surface area contributed by atoms with Crippen molar-refractivity contribution in [3.63, 3.8) is 0 Å². The molecule has 0 radical (unpaired) electrons. The molecule has 0 unspecified atom stereocenters. The molecule has 2 amide bonds. The topological polar surface area (TPSA) is 77.5 Å². The van der Waals surface area contributed by atoms with E-state index in [-0.39, 0.29) is 18.4 Å². The van der Waals surface area contributed by atoms with E-state index in [1.54, 1.807) is 88.1 Å². The van der Waals surface area contributed by atoms with Crippen molar-refractivity contribution in [3.05, 3.63) is 72.3 Å². The Morgan fingerprint density at radius 2 is 1.26 bits per heavy atom. The normalized spacial score (nSPS) is 15.8. The molecule has 3 aromatic carbocycles. The third kappa shape index (κ3) is 4.22. The van der Waals surface area contributed by atoms with Gasteiger partial charge in [0, 0.05) is 11.8 Å². The first-order chi connectivity index (χ1) is 16.5. The van der Waals surface area contributed by atoms with E-state index in [2.05, 4.69) is 0 Å². The Kier molecular flexibility index (Phi) is 6.58. The summed E-state index contributed by atoms with van der Waals surface area (Å²) in [5.74, 6) is 1.81. The van der Waals surface area contributed by atoms with Crippen molar-refractivity contribution in [1.82, 2.24) is 0 Å². The van der Waals surface area contributed by atoms with Crippen LogP contribution in [0, 0.1) is 0 Å². The molecule has 3 aromatic rings. The van der Waals surface area contributed by atoms with Crippen molar-refractivity contribution in [1.29, 1.82) is 0 Å². The molecule has 34 heavy (non-hydrogen) atoms. The second kappa shape index (κ2) is 9.74. The molecule has 1 saturated heterocycles. The van der Waals surface area contributed by atoms with Crippen LogP contribution in [-0.2, 0) is 9.59 Å². The lowest BCUT2D eigenvalue weighted by atomic mass is 9.99. The molecule has 8 heteroatoms. The minimum Gasteiger partial charge on any atom is -0.497 e. The van der Waals surface area contributed by atoms with Crippen molar-refractivity contribution in [3.8, 4) is 23.0 Å². The second-order valence-electron chi connectivity index (χ2n) is 7.60. The maximum Gasteiger partial charge on any atom is 0.255 e. The van der Waals surface area contributed by atoms with Gasteiger partial charge in [0.25, 0.3) is 5.91 Å². The number of rotatable bonds is 7. The van der Waals surface area contributed by atoms with Crippen molar-refractivity contribution in [2.75, 3.05) is 44.8 Å². The van der Waals surface area contributed by atoms with Crippen LogP contribution in [-0.4, -0.2) is 46.8 Å². The molecule has 4 rings (SSSR count). The van der Waals surface area contributed by atoms with Gasteiger partial charge in [-0.3, -0.25) is 19.4 Å². The zero-order chi connectivity index (χ0) is 24.2. The second-order valence-corrected chi connectivity index (χ2v) is 7.60. The van der Waals surface area contributed by atoms with E-state index in [4.69, 9.17) is 18.9 Å². The van der Waals surface area contributed by atoms with Crippen LogP contribution in [0.2, 0.25) is 0 Å². The highest BCUT2D eigenvalue weighted by Gasteiger charge is 2.42. The Labute approximate surface area is 198 Å². The van der Waals surface area contributed by atoms with Gasteiger partial charge in [-0.2, -0.15) is 0 Å². The lowest BCUT2D eigenvalue weighted by molar-refractivity contribution is -0.128. The molecule has 176 valence electrons. The van der Waals surface area contributed by atoms with Crippen molar-refractivity contribution >= 4 is 23.2 Å². The van der Waals surface area contributed by atoms with E-state index < -0.39 is 6.04 Å². The molecule has 0 N–H and O–H groups in total. The zero-order valence-corrected chi connectivity index (χ0v) is 19.5. The van der Waals surface area contributed by atoms with E-state index in [0.717, 1.165) is 0 Å². The molecule has 1 heterocycles. The highest BCUT2D eigenvalue weighted by Crippen LogP contribution is 2.39. The number of hydrogen-bond donors (Lipinski definition) is 0. The van der Waals surface area contributed by atoms with Crippen molar-refractivity contribution in [2.45, 2.75) is 6.04 Å². The van der Waals surface area contributed by atoms with E-state index in [1.165, 1.54) is 16.9 Å². The monoisotopic (exact) mass is 462 g/mol. The molecular weight excluding hydrogens is 436 g/mol. The van der Waals surface area contributed by atoms with Crippen LogP contribution >= 0.6 is 0 Å². The maximum absolute atomic E-state index is 14.0. The molecule has 8 nitrogen and oxygen atoms in total. The number of piperazine rings is 1. The van der Waals surface area contributed by atoms with Crippen LogP contribution < -0.4 is 28.7 Å². The number of carbonyl (C=O) groups is 2. The number of carbonyl (C=O) groups excluding carboxylic acids is 2. The number of amides is 2. The van der Waals surface area contributed by atoms with Gasteiger partial charge >= 0.3 is 0 Å².